The third-order valence-electron chi connectivity index (χ3n) is 7.05. The number of aryl methyl sites for hydroxylation is 2. The van der Waals surface area contributed by atoms with Gasteiger partial charge in [0.2, 0.25) is 10.0 Å². The zero-order valence-corrected chi connectivity index (χ0v) is 20.2. The molecule has 2 fully saturated rings. The lowest BCUT2D eigenvalue weighted by Gasteiger charge is -2.32. The van der Waals surface area contributed by atoms with Gasteiger partial charge in [-0.05, 0) is 86.8 Å². The molecule has 0 aliphatic carbocycles. The van der Waals surface area contributed by atoms with Crippen LogP contribution in [0.4, 0.5) is 0 Å². The summed E-state index contributed by atoms with van der Waals surface area (Å²) in [5.74, 6) is 0.770. The fraction of sp³-hybridized carbons (Fsp3) is 0.500. The number of piperidine rings is 2. The fourth-order valence-electron chi connectivity index (χ4n) is 4.90. The Morgan fingerprint density at radius 2 is 1.64 bits per heavy atom. The minimum atomic E-state index is -3.58. The predicted octanol–water partition coefficient (Wildman–Crippen LogP) is 4.36. The molecule has 33 heavy (non-hydrogen) atoms. The highest BCUT2D eigenvalue weighted by Gasteiger charge is 2.29. The average molecular weight is 471 g/mol. The second-order valence-electron chi connectivity index (χ2n) is 9.39. The van der Waals surface area contributed by atoms with E-state index >= 15 is 0 Å². The minimum absolute atomic E-state index is 0.0814. The Labute approximate surface area is 197 Å². The molecule has 2 aliphatic rings. The summed E-state index contributed by atoms with van der Waals surface area (Å²) in [6.07, 6.45) is 6.78. The van der Waals surface area contributed by atoms with Crippen molar-refractivity contribution < 1.29 is 18.3 Å². The van der Waals surface area contributed by atoms with Gasteiger partial charge in [0.1, 0.15) is 5.75 Å². The van der Waals surface area contributed by atoms with E-state index in [4.69, 9.17) is 0 Å². The zero-order valence-electron chi connectivity index (χ0n) is 19.4. The lowest BCUT2D eigenvalue weighted by molar-refractivity contribution is 0.0686. The van der Waals surface area contributed by atoms with Crippen molar-refractivity contribution in [2.24, 2.45) is 5.92 Å². The summed E-state index contributed by atoms with van der Waals surface area (Å²) in [6, 6.07) is 12.5. The molecule has 0 atom stereocenters. The van der Waals surface area contributed by atoms with Gasteiger partial charge in [-0.3, -0.25) is 4.79 Å². The topological polar surface area (TPSA) is 77.9 Å². The molecular formula is C26H34N2O4S. The van der Waals surface area contributed by atoms with Crippen LogP contribution in [0.2, 0.25) is 0 Å². The summed E-state index contributed by atoms with van der Waals surface area (Å²) >= 11 is 0. The predicted molar refractivity (Wildman–Crippen MR) is 129 cm³/mol. The van der Waals surface area contributed by atoms with E-state index < -0.39 is 10.0 Å². The van der Waals surface area contributed by atoms with Gasteiger partial charge < -0.3 is 10.0 Å². The highest BCUT2D eigenvalue weighted by atomic mass is 32.2. The number of carbonyl (C=O) groups is 1. The molecule has 0 spiro atoms. The summed E-state index contributed by atoms with van der Waals surface area (Å²) in [4.78, 5) is 15.3. The number of carbonyl (C=O) groups excluding carboxylic acids is 1. The molecule has 0 aromatic heterocycles. The third kappa shape index (κ3) is 5.58. The number of rotatable bonds is 6. The highest BCUT2D eigenvalue weighted by molar-refractivity contribution is 7.89. The molecule has 2 heterocycles. The van der Waals surface area contributed by atoms with E-state index in [0.29, 0.717) is 43.2 Å². The molecular weight excluding hydrogens is 436 g/mol. The van der Waals surface area contributed by atoms with Crippen molar-refractivity contribution in [2.45, 2.75) is 56.8 Å². The van der Waals surface area contributed by atoms with Gasteiger partial charge in [0.05, 0.1) is 4.90 Å². The summed E-state index contributed by atoms with van der Waals surface area (Å²) in [6.45, 7) is 4.29. The summed E-state index contributed by atoms with van der Waals surface area (Å²) in [5, 5.41) is 9.42. The molecule has 2 aromatic carbocycles. The van der Waals surface area contributed by atoms with Gasteiger partial charge in [0.25, 0.3) is 5.91 Å². The summed E-state index contributed by atoms with van der Waals surface area (Å²) in [5.41, 5.74) is 2.36. The lowest BCUT2D eigenvalue weighted by Crippen LogP contribution is -2.39. The maximum Gasteiger partial charge on any atom is 0.253 e. The summed E-state index contributed by atoms with van der Waals surface area (Å²) in [7, 11) is -3.58. The zero-order chi connectivity index (χ0) is 23.4. The van der Waals surface area contributed by atoms with Crippen LogP contribution in [0.3, 0.4) is 0 Å². The van der Waals surface area contributed by atoms with Crippen LogP contribution in [-0.2, 0) is 16.4 Å². The smallest absolute Gasteiger partial charge is 0.253 e. The van der Waals surface area contributed by atoms with Gasteiger partial charge in [-0.15, -0.1) is 0 Å². The van der Waals surface area contributed by atoms with Crippen LogP contribution in [0.1, 0.15) is 60.0 Å². The van der Waals surface area contributed by atoms with Gasteiger partial charge in [-0.2, -0.15) is 4.31 Å². The fourth-order valence-corrected chi connectivity index (χ4v) is 6.66. The largest absolute Gasteiger partial charge is 0.508 e. The molecule has 0 saturated carbocycles. The van der Waals surface area contributed by atoms with E-state index in [-0.39, 0.29) is 16.6 Å². The van der Waals surface area contributed by atoms with Crippen molar-refractivity contribution in [1.82, 2.24) is 9.21 Å². The van der Waals surface area contributed by atoms with Crippen LogP contribution < -0.4 is 0 Å². The lowest BCUT2D eigenvalue weighted by atomic mass is 9.90. The first-order chi connectivity index (χ1) is 15.8. The maximum atomic E-state index is 13.2. The molecule has 1 amide bonds. The first-order valence-corrected chi connectivity index (χ1v) is 13.5. The number of likely N-dealkylation sites (tertiary alicyclic amines) is 1. The van der Waals surface area contributed by atoms with Crippen molar-refractivity contribution in [1.29, 1.82) is 0 Å². The second kappa shape index (κ2) is 10.3. The first kappa shape index (κ1) is 23.8. The molecule has 2 aromatic rings. The van der Waals surface area contributed by atoms with E-state index in [1.165, 1.54) is 5.56 Å². The van der Waals surface area contributed by atoms with Gasteiger partial charge in [-0.25, -0.2) is 8.42 Å². The Morgan fingerprint density at radius 3 is 2.30 bits per heavy atom. The monoisotopic (exact) mass is 470 g/mol. The first-order valence-electron chi connectivity index (χ1n) is 12.0. The highest BCUT2D eigenvalue weighted by Crippen LogP contribution is 2.27. The molecule has 4 rings (SSSR count). The minimum Gasteiger partial charge on any atom is -0.508 e. The van der Waals surface area contributed by atoms with Crippen molar-refractivity contribution in [3.8, 4) is 5.75 Å². The van der Waals surface area contributed by atoms with Crippen molar-refractivity contribution in [2.75, 3.05) is 26.2 Å². The van der Waals surface area contributed by atoms with Crippen LogP contribution >= 0.6 is 0 Å². The van der Waals surface area contributed by atoms with E-state index in [1.807, 2.05) is 17.0 Å². The Hall–Kier alpha value is -2.38. The van der Waals surface area contributed by atoms with Crippen LogP contribution in [0.25, 0.3) is 0 Å². The number of hydrogen-bond donors (Lipinski definition) is 1. The standard InChI is InChI=1S/C26H34N2O4S/c1-20-5-10-23(19-25(20)33(31,32)28-15-3-2-4-16-28)26(30)27-17-13-22(14-18-27)7-6-21-8-11-24(29)12-9-21/h5,8-12,19,22,29H,2-4,6-7,13-18H2,1H3. The molecule has 6 nitrogen and oxygen atoms in total. The van der Waals surface area contributed by atoms with Crippen LogP contribution in [0.5, 0.6) is 5.75 Å². The Balaban J connectivity index is 1.37. The number of phenols is 1. The van der Waals surface area contributed by atoms with Gasteiger partial charge in [0.15, 0.2) is 0 Å². The number of amides is 1. The molecule has 1 N–H and O–H groups in total. The van der Waals surface area contributed by atoms with E-state index in [1.54, 1.807) is 41.6 Å². The third-order valence-corrected chi connectivity index (χ3v) is 9.09. The molecule has 0 radical (unpaired) electrons. The average Bonchev–Trinajstić information content (AvgIpc) is 2.84. The quantitative estimate of drug-likeness (QED) is 0.680. The van der Waals surface area contributed by atoms with E-state index in [0.717, 1.165) is 44.9 Å². The molecule has 2 aliphatic heterocycles. The Morgan fingerprint density at radius 1 is 0.970 bits per heavy atom. The number of phenolic OH excluding ortho intramolecular Hbond substituents is 1. The van der Waals surface area contributed by atoms with E-state index in [9.17, 15) is 18.3 Å². The SMILES string of the molecule is Cc1ccc(C(=O)N2CCC(CCc3ccc(O)cc3)CC2)cc1S(=O)(=O)N1CCCCC1. The van der Waals surface area contributed by atoms with Crippen molar-refractivity contribution >= 4 is 15.9 Å². The van der Waals surface area contributed by atoms with Crippen LogP contribution in [0.15, 0.2) is 47.4 Å². The molecule has 0 bridgehead atoms. The number of aromatic hydroxyl groups is 1. The molecule has 178 valence electrons. The van der Waals surface area contributed by atoms with Gasteiger partial charge in [-0.1, -0.05) is 24.6 Å². The molecule has 0 unspecified atom stereocenters. The summed E-state index contributed by atoms with van der Waals surface area (Å²) < 4.78 is 28.0. The number of sulfonamides is 1. The van der Waals surface area contributed by atoms with E-state index in [2.05, 4.69) is 0 Å². The van der Waals surface area contributed by atoms with Crippen molar-refractivity contribution in [3.05, 3.63) is 59.2 Å². The Bertz CT molecular complexity index is 1070. The second-order valence-corrected chi connectivity index (χ2v) is 11.3. The van der Waals surface area contributed by atoms with Gasteiger partial charge in [0, 0.05) is 31.7 Å². The van der Waals surface area contributed by atoms with Crippen molar-refractivity contribution in [3.63, 3.8) is 0 Å². The van der Waals surface area contributed by atoms with Crippen LogP contribution in [0, 0.1) is 12.8 Å². The maximum absolute atomic E-state index is 13.2. The van der Waals surface area contributed by atoms with Gasteiger partial charge >= 0.3 is 0 Å². The Kier molecular flexibility index (Phi) is 7.39. The normalized spacial score (nSPS) is 18.4. The number of hydrogen-bond acceptors (Lipinski definition) is 4. The number of benzene rings is 2. The molecule has 7 heteroatoms. The van der Waals surface area contributed by atoms with Crippen LogP contribution in [-0.4, -0.2) is 54.8 Å². The number of nitrogens with zero attached hydrogens (tertiary/aromatic N) is 2. The molecule has 2 saturated heterocycles.